The highest BCUT2D eigenvalue weighted by molar-refractivity contribution is 5.85. The number of amides is 1. The van der Waals surface area contributed by atoms with Crippen LogP contribution in [-0.4, -0.2) is 26.9 Å². The van der Waals surface area contributed by atoms with Gasteiger partial charge in [-0.3, -0.25) is 4.79 Å². The summed E-state index contributed by atoms with van der Waals surface area (Å²) in [5, 5.41) is 11.1. The van der Waals surface area contributed by atoms with Crippen LogP contribution in [0, 0.1) is 0 Å². The third-order valence-corrected chi connectivity index (χ3v) is 3.27. The first-order chi connectivity index (χ1) is 10.1. The molecule has 0 saturated carbocycles. The first-order valence-electron chi connectivity index (χ1n) is 7.15. The van der Waals surface area contributed by atoms with E-state index < -0.39 is 6.04 Å². The predicted octanol–water partition coefficient (Wildman–Crippen LogP) is 1.99. The molecule has 1 aromatic carbocycles. The summed E-state index contributed by atoms with van der Waals surface area (Å²) in [6.45, 7) is 3.87. The average Bonchev–Trinajstić information content (AvgIpc) is 2.98. The standard InChI is InChI=1S/C15H21N5O.ClH/c1-3-7-13(16)15(21)17-11(2)14-10-20(19-18-14)12-8-5-4-6-9-12;/h4-6,8-11,13H,3,7,16H2,1-2H3,(H,17,21);1H. The van der Waals surface area contributed by atoms with Crippen molar-refractivity contribution in [1.29, 1.82) is 0 Å². The number of hydrogen-bond acceptors (Lipinski definition) is 4. The molecule has 2 rings (SSSR count). The normalized spacial score (nSPS) is 13.0. The molecule has 0 aliphatic carbocycles. The molecule has 3 N–H and O–H groups in total. The highest BCUT2D eigenvalue weighted by Crippen LogP contribution is 2.12. The van der Waals surface area contributed by atoms with Crippen molar-refractivity contribution < 1.29 is 4.79 Å². The van der Waals surface area contributed by atoms with Gasteiger partial charge in [0.15, 0.2) is 0 Å². The summed E-state index contributed by atoms with van der Waals surface area (Å²) in [6.07, 6.45) is 3.37. The molecule has 0 saturated heterocycles. The fourth-order valence-electron chi connectivity index (χ4n) is 2.02. The molecule has 0 bridgehead atoms. The van der Waals surface area contributed by atoms with Gasteiger partial charge in [0.05, 0.1) is 24.0 Å². The number of para-hydroxylation sites is 1. The molecule has 2 aromatic rings. The Kier molecular flexibility index (Phi) is 7.01. The van der Waals surface area contributed by atoms with Gasteiger partial charge in [0.25, 0.3) is 0 Å². The van der Waals surface area contributed by atoms with Gasteiger partial charge >= 0.3 is 0 Å². The zero-order valence-corrected chi connectivity index (χ0v) is 13.6. The maximum atomic E-state index is 11.9. The lowest BCUT2D eigenvalue weighted by molar-refractivity contribution is -0.123. The number of nitrogens with two attached hydrogens (primary N) is 1. The van der Waals surface area contributed by atoms with Crippen LogP contribution in [0.4, 0.5) is 0 Å². The summed E-state index contributed by atoms with van der Waals surface area (Å²) in [7, 11) is 0. The summed E-state index contributed by atoms with van der Waals surface area (Å²) >= 11 is 0. The molecule has 0 aliphatic rings. The van der Waals surface area contributed by atoms with Crippen LogP contribution in [0.5, 0.6) is 0 Å². The van der Waals surface area contributed by atoms with Gasteiger partial charge in [0.1, 0.15) is 5.69 Å². The number of benzene rings is 1. The third kappa shape index (κ3) is 4.54. The van der Waals surface area contributed by atoms with Crippen molar-refractivity contribution in [3.05, 3.63) is 42.2 Å². The van der Waals surface area contributed by atoms with Gasteiger partial charge in [-0.05, 0) is 25.5 Å². The fraction of sp³-hybridized carbons (Fsp3) is 0.400. The molecule has 0 spiro atoms. The second-order valence-electron chi connectivity index (χ2n) is 5.05. The van der Waals surface area contributed by atoms with Crippen molar-refractivity contribution in [2.45, 2.75) is 38.8 Å². The molecule has 0 fully saturated rings. The summed E-state index contributed by atoms with van der Waals surface area (Å²) < 4.78 is 1.68. The van der Waals surface area contributed by atoms with Gasteiger partial charge in [0.2, 0.25) is 5.91 Å². The minimum atomic E-state index is -0.471. The smallest absolute Gasteiger partial charge is 0.237 e. The van der Waals surface area contributed by atoms with Crippen molar-refractivity contribution in [2.24, 2.45) is 5.73 Å². The Hall–Kier alpha value is -1.92. The van der Waals surface area contributed by atoms with Crippen molar-refractivity contribution in [1.82, 2.24) is 20.3 Å². The molecule has 0 radical (unpaired) electrons. The molecule has 0 aliphatic heterocycles. The van der Waals surface area contributed by atoms with Crippen LogP contribution in [0.25, 0.3) is 5.69 Å². The first kappa shape index (κ1) is 18.1. The molecular weight excluding hydrogens is 302 g/mol. The molecule has 6 nitrogen and oxygen atoms in total. The van der Waals surface area contributed by atoms with E-state index >= 15 is 0 Å². The van der Waals surface area contributed by atoms with Crippen molar-refractivity contribution in [3.8, 4) is 5.69 Å². The lowest BCUT2D eigenvalue weighted by atomic mass is 10.1. The van der Waals surface area contributed by atoms with E-state index in [1.165, 1.54) is 0 Å². The number of hydrogen-bond donors (Lipinski definition) is 2. The summed E-state index contributed by atoms with van der Waals surface area (Å²) in [5.74, 6) is -0.154. The van der Waals surface area contributed by atoms with Crippen LogP contribution < -0.4 is 11.1 Å². The molecule has 2 unspecified atom stereocenters. The topological polar surface area (TPSA) is 85.8 Å². The molecular formula is C15H22ClN5O. The van der Waals surface area contributed by atoms with Crippen LogP contribution in [0.15, 0.2) is 36.5 Å². The van der Waals surface area contributed by atoms with E-state index in [0.29, 0.717) is 12.1 Å². The van der Waals surface area contributed by atoms with Crippen LogP contribution >= 0.6 is 12.4 Å². The molecule has 120 valence electrons. The van der Waals surface area contributed by atoms with Gasteiger partial charge in [-0.1, -0.05) is 36.8 Å². The largest absolute Gasteiger partial charge is 0.347 e. The maximum Gasteiger partial charge on any atom is 0.237 e. The SMILES string of the molecule is CCCC(N)C(=O)NC(C)c1cn(-c2ccccc2)nn1.Cl. The summed E-state index contributed by atoms with van der Waals surface area (Å²) in [4.78, 5) is 11.9. The number of rotatable bonds is 6. The molecule has 2 atom stereocenters. The zero-order chi connectivity index (χ0) is 15.2. The van der Waals surface area contributed by atoms with E-state index in [2.05, 4.69) is 15.6 Å². The van der Waals surface area contributed by atoms with Crippen LogP contribution in [0.2, 0.25) is 0 Å². The zero-order valence-electron chi connectivity index (χ0n) is 12.8. The quantitative estimate of drug-likeness (QED) is 0.851. The Balaban J connectivity index is 0.00000242. The number of nitrogens with zero attached hydrogens (tertiary/aromatic N) is 3. The molecule has 7 heteroatoms. The Morgan fingerprint density at radius 3 is 2.68 bits per heavy atom. The Labute approximate surface area is 136 Å². The highest BCUT2D eigenvalue weighted by atomic mass is 35.5. The van der Waals surface area contributed by atoms with Gasteiger partial charge < -0.3 is 11.1 Å². The van der Waals surface area contributed by atoms with Crippen LogP contribution in [0.1, 0.15) is 38.4 Å². The van der Waals surface area contributed by atoms with Crippen molar-refractivity contribution in [2.75, 3.05) is 0 Å². The van der Waals surface area contributed by atoms with Gasteiger partial charge in [0, 0.05) is 0 Å². The van der Waals surface area contributed by atoms with E-state index in [4.69, 9.17) is 5.73 Å². The highest BCUT2D eigenvalue weighted by Gasteiger charge is 2.17. The number of aromatic nitrogens is 3. The number of nitrogens with one attached hydrogen (secondary N) is 1. The molecule has 22 heavy (non-hydrogen) atoms. The minimum Gasteiger partial charge on any atom is -0.347 e. The number of halogens is 1. The summed E-state index contributed by atoms with van der Waals surface area (Å²) in [5.41, 5.74) is 7.43. The first-order valence-corrected chi connectivity index (χ1v) is 7.15. The fourth-order valence-corrected chi connectivity index (χ4v) is 2.02. The number of carbonyl (C=O) groups excluding carboxylic acids is 1. The van der Waals surface area contributed by atoms with E-state index in [1.807, 2.05) is 50.4 Å². The lowest BCUT2D eigenvalue weighted by Gasteiger charge is -2.15. The average molecular weight is 324 g/mol. The monoisotopic (exact) mass is 323 g/mol. The van der Waals surface area contributed by atoms with Gasteiger partial charge in [-0.15, -0.1) is 17.5 Å². The van der Waals surface area contributed by atoms with E-state index in [0.717, 1.165) is 12.1 Å². The van der Waals surface area contributed by atoms with E-state index in [-0.39, 0.29) is 24.4 Å². The second kappa shape index (κ2) is 8.51. The van der Waals surface area contributed by atoms with E-state index in [1.54, 1.807) is 4.68 Å². The Morgan fingerprint density at radius 2 is 2.05 bits per heavy atom. The Morgan fingerprint density at radius 1 is 1.36 bits per heavy atom. The van der Waals surface area contributed by atoms with E-state index in [9.17, 15) is 4.79 Å². The molecule has 1 heterocycles. The van der Waals surface area contributed by atoms with Crippen LogP contribution in [-0.2, 0) is 4.79 Å². The Bertz CT molecular complexity index is 587. The summed E-state index contributed by atoms with van der Waals surface area (Å²) in [6, 6.07) is 9.01. The van der Waals surface area contributed by atoms with Gasteiger partial charge in [-0.25, -0.2) is 4.68 Å². The molecule has 1 aromatic heterocycles. The van der Waals surface area contributed by atoms with Gasteiger partial charge in [-0.2, -0.15) is 0 Å². The van der Waals surface area contributed by atoms with Crippen molar-refractivity contribution in [3.63, 3.8) is 0 Å². The van der Waals surface area contributed by atoms with Crippen molar-refractivity contribution >= 4 is 18.3 Å². The number of carbonyl (C=O) groups is 1. The molecule has 1 amide bonds. The predicted molar refractivity (Wildman–Crippen MR) is 88.0 cm³/mol. The minimum absolute atomic E-state index is 0. The lowest BCUT2D eigenvalue weighted by Crippen LogP contribution is -2.41. The maximum absolute atomic E-state index is 11.9. The second-order valence-corrected chi connectivity index (χ2v) is 5.05. The van der Waals surface area contributed by atoms with Crippen LogP contribution in [0.3, 0.4) is 0 Å². The third-order valence-electron chi connectivity index (χ3n) is 3.27.